The molecule has 1 unspecified atom stereocenters. The summed E-state index contributed by atoms with van der Waals surface area (Å²) >= 11 is 1.62. The Kier molecular flexibility index (Phi) is 4.00. The summed E-state index contributed by atoms with van der Waals surface area (Å²) in [5, 5.41) is 11.0. The second-order valence-corrected chi connectivity index (χ2v) is 6.91. The highest BCUT2D eigenvalue weighted by molar-refractivity contribution is 7.99. The molecule has 2 aliphatic heterocycles. The molecule has 7 heteroatoms. The SMILES string of the molecule is O=C(Cn1c2[n+](c3ccccc31)CC(O)CS2)N1CCOCC1. The highest BCUT2D eigenvalue weighted by Gasteiger charge is 2.33. The third-order valence-electron chi connectivity index (χ3n) is 4.38. The second kappa shape index (κ2) is 6.14. The summed E-state index contributed by atoms with van der Waals surface area (Å²) in [5.41, 5.74) is 2.12. The molecule has 0 spiro atoms. The summed E-state index contributed by atoms with van der Waals surface area (Å²) in [6, 6.07) is 8.08. The van der Waals surface area contributed by atoms with Crippen LogP contribution in [0.5, 0.6) is 0 Å². The smallest absolute Gasteiger partial charge is 0.319 e. The van der Waals surface area contributed by atoms with Crippen LogP contribution in [0.1, 0.15) is 0 Å². The second-order valence-electron chi connectivity index (χ2n) is 5.93. The number of thioether (sulfide) groups is 1. The van der Waals surface area contributed by atoms with Crippen molar-refractivity contribution in [2.45, 2.75) is 24.3 Å². The summed E-state index contributed by atoms with van der Waals surface area (Å²) in [4.78, 5) is 14.5. The molecule has 0 aliphatic carbocycles. The van der Waals surface area contributed by atoms with E-state index in [-0.39, 0.29) is 12.0 Å². The van der Waals surface area contributed by atoms with Gasteiger partial charge in [-0.2, -0.15) is 0 Å². The van der Waals surface area contributed by atoms with Crippen molar-refractivity contribution in [3.63, 3.8) is 0 Å². The van der Waals surface area contributed by atoms with Gasteiger partial charge in [-0.05, 0) is 23.9 Å². The molecule has 23 heavy (non-hydrogen) atoms. The lowest BCUT2D eigenvalue weighted by molar-refractivity contribution is -0.717. The van der Waals surface area contributed by atoms with E-state index in [0.717, 1.165) is 16.2 Å². The van der Waals surface area contributed by atoms with Gasteiger partial charge >= 0.3 is 5.16 Å². The Hall–Kier alpha value is -1.57. The van der Waals surface area contributed by atoms with E-state index in [1.165, 1.54) is 0 Å². The summed E-state index contributed by atoms with van der Waals surface area (Å²) in [5.74, 6) is 0.798. The number of aliphatic hydroxyl groups is 1. The molecule has 2 aliphatic rings. The van der Waals surface area contributed by atoms with Crippen LogP contribution in [0.25, 0.3) is 11.0 Å². The van der Waals surface area contributed by atoms with Crippen molar-refractivity contribution in [1.82, 2.24) is 9.47 Å². The fourth-order valence-corrected chi connectivity index (χ4v) is 4.33. The number of carbonyl (C=O) groups is 1. The standard InChI is InChI=1S/C16H20N3O3S/c20-12-9-18-13-3-1-2-4-14(13)19(16(18)23-11-12)10-15(21)17-5-7-22-8-6-17/h1-4,12,20H,5-11H2/q+1. The largest absolute Gasteiger partial charge is 0.388 e. The zero-order valence-electron chi connectivity index (χ0n) is 12.9. The molecule has 3 heterocycles. The number of morpholine rings is 1. The first-order valence-electron chi connectivity index (χ1n) is 7.91. The van der Waals surface area contributed by atoms with Gasteiger partial charge in [0.05, 0.1) is 13.2 Å². The van der Waals surface area contributed by atoms with Crippen LogP contribution in [0.3, 0.4) is 0 Å². The van der Waals surface area contributed by atoms with Crippen LogP contribution in [0, 0.1) is 0 Å². The molecule has 122 valence electrons. The van der Waals surface area contributed by atoms with Crippen LogP contribution in [-0.2, 0) is 22.6 Å². The number of fused-ring (bicyclic) bond motifs is 3. The van der Waals surface area contributed by atoms with Gasteiger partial charge in [-0.1, -0.05) is 12.1 Å². The number of para-hydroxylation sites is 2. The Morgan fingerprint density at radius 3 is 2.96 bits per heavy atom. The van der Waals surface area contributed by atoms with Crippen molar-refractivity contribution in [3.05, 3.63) is 24.3 Å². The van der Waals surface area contributed by atoms with Crippen LogP contribution in [0.4, 0.5) is 0 Å². The Labute approximate surface area is 138 Å². The summed E-state index contributed by atoms with van der Waals surface area (Å²) in [7, 11) is 0. The van der Waals surface area contributed by atoms with Gasteiger partial charge in [-0.3, -0.25) is 4.79 Å². The van der Waals surface area contributed by atoms with Crippen LogP contribution in [0.15, 0.2) is 29.4 Å². The number of aliphatic hydroxyl groups excluding tert-OH is 1. The Bertz CT molecular complexity index is 739. The fraction of sp³-hybridized carbons (Fsp3) is 0.500. The first-order valence-corrected chi connectivity index (χ1v) is 8.90. The van der Waals surface area contributed by atoms with Crippen molar-refractivity contribution in [2.75, 3.05) is 32.1 Å². The van der Waals surface area contributed by atoms with Gasteiger partial charge in [0, 0.05) is 18.8 Å². The minimum atomic E-state index is -0.341. The number of amides is 1. The molecule has 2 aromatic rings. The molecule has 1 saturated heterocycles. The van der Waals surface area contributed by atoms with Crippen molar-refractivity contribution in [2.24, 2.45) is 0 Å². The van der Waals surface area contributed by atoms with Gasteiger partial charge in [-0.15, -0.1) is 0 Å². The molecule has 1 aromatic heterocycles. The predicted octanol–water partition coefficient (Wildman–Crippen LogP) is 0.254. The lowest BCUT2D eigenvalue weighted by Crippen LogP contribution is -2.46. The van der Waals surface area contributed by atoms with Crippen LogP contribution in [-0.4, -0.2) is 58.6 Å². The normalized spacial score (nSPS) is 21.4. The van der Waals surface area contributed by atoms with Gasteiger partial charge in [0.25, 0.3) is 5.91 Å². The number of carbonyl (C=O) groups excluding carboxylic acids is 1. The highest BCUT2D eigenvalue weighted by Crippen LogP contribution is 2.26. The minimum absolute atomic E-state index is 0.129. The summed E-state index contributed by atoms with van der Waals surface area (Å²) in [6.07, 6.45) is -0.341. The van der Waals surface area contributed by atoms with Crippen molar-refractivity contribution in [3.8, 4) is 0 Å². The van der Waals surface area contributed by atoms with E-state index in [9.17, 15) is 9.90 Å². The minimum Gasteiger partial charge on any atom is -0.388 e. The van der Waals surface area contributed by atoms with Crippen LogP contribution >= 0.6 is 11.8 Å². The van der Waals surface area contributed by atoms with Gasteiger partial charge in [0.2, 0.25) is 0 Å². The van der Waals surface area contributed by atoms with E-state index >= 15 is 0 Å². The number of rotatable bonds is 2. The lowest BCUT2D eigenvalue weighted by Gasteiger charge is -2.26. The summed E-state index contributed by atoms with van der Waals surface area (Å²) < 4.78 is 9.53. The van der Waals surface area contributed by atoms with Crippen LogP contribution in [0.2, 0.25) is 0 Å². The van der Waals surface area contributed by atoms with E-state index in [1.807, 2.05) is 29.2 Å². The Morgan fingerprint density at radius 1 is 1.35 bits per heavy atom. The van der Waals surface area contributed by atoms with Crippen molar-refractivity contribution >= 4 is 28.7 Å². The highest BCUT2D eigenvalue weighted by atomic mass is 32.2. The van der Waals surface area contributed by atoms with Gasteiger partial charge in [0.1, 0.15) is 12.6 Å². The third kappa shape index (κ3) is 2.73. The number of imidazole rings is 1. The molecule has 6 nitrogen and oxygen atoms in total. The molecule has 1 N–H and O–H groups in total. The lowest BCUT2D eigenvalue weighted by atomic mass is 10.3. The topological polar surface area (TPSA) is 58.6 Å². The molecule has 1 aromatic carbocycles. The molecule has 1 atom stereocenters. The first kappa shape index (κ1) is 15.0. The molecule has 0 saturated carbocycles. The van der Waals surface area contributed by atoms with E-state index in [1.54, 1.807) is 11.8 Å². The van der Waals surface area contributed by atoms with Crippen molar-refractivity contribution in [1.29, 1.82) is 0 Å². The predicted molar refractivity (Wildman–Crippen MR) is 86.3 cm³/mol. The van der Waals surface area contributed by atoms with E-state index in [2.05, 4.69) is 9.13 Å². The van der Waals surface area contributed by atoms with E-state index in [0.29, 0.717) is 45.1 Å². The molecular weight excluding hydrogens is 314 g/mol. The zero-order chi connectivity index (χ0) is 15.8. The Balaban J connectivity index is 1.70. The fourth-order valence-electron chi connectivity index (χ4n) is 3.24. The summed E-state index contributed by atoms with van der Waals surface area (Å²) in [6.45, 7) is 3.49. The maximum Gasteiger partial charge on any atom is 0.319 e. The monoisotopic (exact) mass is 334 g/mol. The quantitative estimate of drug-likeness (QED) is 0.800. The van der Waals surface area contributed by atoms with Gasteiger partial charge < -0.3 is 14.7 Å². The number of nitrogens with zero attached hydrogens (tertiary/aromatic N) is 3. The average Bonchev–Trinajstić information content (AvgIpc) is 2.89. The van der Waals surface area contributed by atoms with E-state index in [4.69, 9.17) is 4.74 Å². The number of aromatic nitrogens is 2. The number of hydrogen-bond donors (Lipinski definition) is 1. The number of hydrogen-bond acceptors (Lipinski definition) is 4. The molecule has 4 rings (SSSR count). The van der Waals surface area contributed by atoms with Crippen LogP contribution < -0.4 is 4.57 Å². The van der Waals surface area contributed by atoms with Crippen molar-refractivity contribution < 1.29 is 19.2 Å². The molecular formula is C16H20N3O3S+. The first-order chi connectivity index (χ1) is 11.2. The third-order valence-corrected chi connectivity index (χ3v) is 5.63. The zero-order valence-corrected chi connectivity index (χ0v) is 13.7. The Morgan fingerprint density at radius 2 is 2.13 bits per heavy atom. The molecule has 0 radical (unpaired) electrons. The average molecular weight is 334 g/mol. The van der Waals surface area contributed by atoms with E-state index < -0.39 is 0 Å². The number of benzene rings is 1. The van der Waals surface area contributed by atoms with Gasteiger partial charge in [-0.25, -0.2) is 9.13 Å². The van der Waals surface area contributed by atoms with Gasteiger partial charge in [0.15, 0.2) is 17.6 Å². The molecule has 1 fully saturated rings. The number of ether oxygens (including phenoxy) is 1. The maximum absolute atomic E-state index is 12.6. The molecule has 0 bridgehead atoms. The molecule has 1 amide bonds. The maximum atomic E-state index is 12.6.